The number of aryl methyl sites for hydroxylation is 2. The molecule has 0 bridgehead atoms. The van der Waals surface area contributed by atoms with E-state index in [-0.39, 0.29) is 6.04 Å². The largest absolute Gasteiger partial charge is 0.382 e. The summed E-state index contributed by atoms with van der Waals surface area (Å²) in [5.41, 5.74) is 2.92. The molecule has 21 heavy (non-hydrogen) atoms. The predicted molar refractivity (Wildman–Crippen MR) is 76.8 cm³/mol. The molecule has 0 amide bonds. The highest BCUT2D eigenvalue weighted by atomic mass is 19.2. The number of para-hydroxylation sites is 1. The lowest BCUT2D eigenvalue weighted by Gasteiger charge is -2.27. The first-order valence-electron chi connectivity index (χ1n) is 7.11. The second-order valence-electron chi connectivity index (χ2n) is 5.45. The van der Waals surface area contributed by atoms with Gasteiger partial charge in [-0.25, -0.2) is 13.2 Å². The number of halogens is 3. The van der Waals surface area contributed by atoms with Crippen LogP contribution in [0.3, 0.4) is 0 Å². The standard InChI is InChI=1S/C17H16F3N/c18-14-9-11(10-15(19)17(14)20)5-7-13-8-6-12-3-1-2-4-16(12)21-13/h1-4,9-10,13,21H,5-8H2. The zero-order valence-electron chi connectivity index (χ0n) is 11.5. The molecule has 0 saturated carbocycles. The molecule has 0 aliphatic carbocycles. The Morgan fingerprint density at radius 1 is 1.05 bits per heavy atom. The van der Waals surface area contributed by atoms with Crippen LogP contribution in [-0.4, -0.2) is 6.04 Å². The van der Waals surface area contributed by atoms with Crippen molar-refractivity contribution in [3.05, 3.63) is 65.0 Å². The van der Waals surface area contributed by atoms with Crippen LogP contribution in [0.15, 0.2) is 36.4 Å². The topological polar surface area (TPSA) is 12.0 Å². The molecule has 0 radical (unpaired) electrons. The molecule has 2 aromatic rings. The SMILES string of the molecule is Fc1cc(CCC2CCc3ccccc3N2)cc(F)c1F. The van der Waals surface area contributed by atoms with Crippen LogP contribution in [0.4, 0.5) is 18.9 Å². The molecule has 0 aromatic heterocycles. The number of benzene rings is 2. The van der Waals surface area contributed by atoms with Gasteiger partial charge in [-0.05, 0) is 55.0 Å². The third kappa shape index (κ3) is 3.04. The van der Waals surface area contributed by atoms with Crippen molar-refractivity contribution >= 4 is 5.69 Å². The average Bonchev–Trinajstić information content (AvgIpc) is 2.50. The van der Waals surface area contributed by atoms with E-state index in [0.29, 0.717) is 12.0 Å². The Balaban J connectivity index is 1.64. The highest BCUT2D eigenvalue weighted by Gasteiger charge is 2.17. The van der Waals surface area contributed by atoms with Crippen molar-refractivity contribution in [2.75, 3.05) is 5.32 Å². The molecule has 1 heterocycles. The van der Waals surface area contributed by atoms with E-state index in [0.717, 1.165) is 37.1 Å². The quantitative estimate of drug-likeness (QED) is 0.823. The maximum Gasteiger partial charge on any atom is 0.194 e. The Labute approximate surface area is 121 Å². The minimum Gasteiger partial charge on any atom is -0.382 e. The van der Waals surface area contributed by atoms with Gasteiger partial charge in [-0.2, -0.15) is 0 Å². The molecule has 1 N–H and O–H groups in total. The van der Waals surface area contributed by atoms with Crippen LogP contribution in [0.25, 0.3) is 0 Å². The van der Waals surface area contributed by atoms with Crippen LogP contribution >= 0.6 is 0 Å². The Kier molecular flexibility index (Phi) is 3.86. The van der Waals surface area contributed by atoms with Crippen molar-refractivity contribution in [2.45, 2.75) is 31.7 Å². The molecule has 0 spiro atoms. The van der Waals surface area contributed by atoms with E-state index < -0.39 is 17.5 Å². The first kappa shape index (κ1) is 14.0. The Morgan fingerprint density at radius 2 is 1.76 bits per heavy atom. The molecular weight excluding hydrogens is 275 g/mol. The van der Waals surface area contributed by atoms with Gasteiger partial charge in [0.05, 0.1) is 0 Å². The predicted octanol–water partition coefficient (Wildman–Crippen LogP) is 4.46. The van der Waals surface area contributed by atoms with E-state index in [1.165, 1.54) is 5.56 Å². The van der Waals surface area contributed by atoms with Crippen LogP contribution in [0.1, 0.15) is 24.0 Å². The Hall–Kier alpha value is -1.97. The first-order chi connectivity index (χ1) is 10.1. The Bertz CT molecular complexity index is 631. The second-order valence-corrected chi connectivity index (χ2v) is 5.45. The highest BCUT2D eigenvalue weighted by Crippen LogP contribution is 2.26. The van der Waals surface area contributed by atoms with Gasteiger partial charge in [0.15, 0.2) is 17.5 Å². The maximum atomic E-state index is 13.2. The minimum absolute atomic E-state index is 0.274. The van der Waals surface area contributed by atoms with Crippen LogP contribution in [0, 0.1) is 17.5 Å². The number of nitrogens with one attached hydrogen (secondary N) is 1. The molecule has 1 nitrogen and oxygen atoms in total. The van der Waals surface area contributed by atoms with Gasteiger partial charge >= 0.3 is 0 Å². The normalized spacial score (nSPS) is 17.2. The van der Waals surface area contributed by atoms with Gasteiger partial charge in [0.2, 0.25) is 0 Å². The number of anilines is 1. The highest BCUT2D eigenvalue weighted by molar-refractivity contribution is 5.53. The van der Waals surface area contributed by atoms with Crippen LogP contribution < -0.4 is 5.32 Å². The fraction of sp³-hybridized carbons (Fsp3) is 0.294. The number of hydrogen-bond donors (Lipinski definition) is 1. The Morgan fingerprint density at radius 3 is 2.52 bits per heavy atom. The number of hydrogen-bond acceptors (Lipinski definition) is 1. The smallest absolute Gasteiger partial charge is 0.194 e. The lowest BCUT2D eigenvalue weighted by molar-refractivity contribution is 0.444. The van der Waals surface area contributed by atoms with E-state index in [1.807, 2.05) is 18.2 Å². The van der Waals surface area contributed by atoms with Gasteiger partial charge < -0.3 is 5.32 Å². The summed E-state index contributed by atoms with van der Waals surface area (Å²) in [4.78, 5) is 0. The lowest BCUT2D eigenvalue weighted by Crippen LogP contribution is -2.25. The van der Waals surface area contributed by atoms with Crippen molar-refractivity contribution in [3.63, 3.8) is 0 Å². The summed E-state index contributed by atoms with van der Waals surface area (Å²) in [5.74, 6) is -3.64. The summed E-state index contributed by atoms with van der Waals surface area (Å²) in [5, 5.41) is 3.45. The first-order valence-corrected chi connectivity index (χ1v) is 7.11. The fourth-order valence-corrected chi connectivity index (χ4v) is 2.81. The molecule has 0 fully saturated rings. The molecule has 4 heteroatoms. The third-order valence-corrected chi connectivity index (χ3v) is 3.96. The van der Waals surface area contributed by atoms with E-state index in [1.54, 1.807) is 0 Å². The molecular formula is C17H16F3N. The molecule has 3 rings (SSSR count). The van der Waals surface area contributed by atoms with Crippen molar-refractivity contribution in [1.29, 1.82) is 0 Å². The van der Waals surface area contributed by atoms with Crippen LogP contribution in [0.2, 0.25) is 0 Å². The summed E-state index contributed by atoms with van der Waals surface area (Å²) >= 11 is 0. The van der Waals surface area contributed by atoms with Crippen LogP contribution in [0.5, 0.6) is 0 Å². The van der Waals surface area contributed by atoms with Crippen LogP contribution in [-0.2, 0) is 12.8 Å². The summed E-state index contributed by atoms with van der Waals surface area (Å²) < 4.78 is 39.3. The molecule has 0 saturated heterocycles. The van der Waals surface area contributed by atoms with Gasteiger partial charge in [0.25, 0.3) is 0 Å². The molecule has 1 atom stereocenters. The summed E-state index contributed by atoms with van der Waals surface area (Å²) in [6, 6.07) is 10.6. The van der Waals surface area contributed by atoms with Gasteiger partial charge in [0.1, 0.15) is 0 Å². The van der Waals surface area contributed by atoms with E-state index in [9.17, 15) is 13.2 Å². The van der Waals surface area contributed by atoms with Crippen molar-refractivity contribution in [2.24, 2.45) is 0 Å². The minimum atomic E-state index is -1.40. The summed E-state index contributed by atoms with van der Waals surface area (Å²) in [7, 11) is 0. The summed E-state index contributed by atoms with van der Waals surface area (Å²) in [6.07, 6.45) is 3.27. The van der Waals surface area contributed by atoms with Crippen molar-refractivity contribution < 1.29 is 13.2 Å². The zero-order chi connectivity index (χ0) is 14.8. The average molecular weight is 291 g/mol. The van der Waals surface area contributed by atoms with Crippen molar-refractivity contribution in [3.8, 4) is 0 Å². The van der Waals surface area contributed by atoms with Gasteiger partial charge in [-0.3, -0.25) is 0 Å². The summed E-state index contributed by atoms with van der Waals surface area (Å²) in [6.45, 7) is 0. The maximum absolute atomic E-state index is 13.2. The molecule has 1 aliphatic heterocycles. The van der Waals surface area contributed by atoms with Gasteiger partial charge in [-0.1, -0.05) is 18.2 Å². The monoisotopic (exact) mass is 291 g/mol. The number of rotatable bonds is 3. The fourth-order valence-electron chi connectivity index (χ4n) is 2.81. The van der Waals surface area contributed by atoms with E-state index in [2.05, 4.69) is 11.4 Å². The third-order valence-electron chi connectivity index (χ3n) is 3.96. The number of fused-ring (bicyclic) bond motifs is 1. The van der Waals surface area contributed by atoms with Gasteiger partial charge in [0, 0.05) is 11.7 Å². The van der Waals surface area contributed by atoms with E-state index >= 15 is 0 Å². The van der Waals surface area contributed by atoms with E-state index in [4.69, 9.17) is 0 Å². The molecule has 1 unspecified atom stereocenters. The van der Waals surface area contributed by atoms with Crippen molar-refractivity contribution in [1.82, 2.24) is 0 Å². The molecule has 1 aliphatic rings. The second kappa shape index (κ2) is 5.80. The molecule has 110 valence electrons. The zero-order valence-corrected chi connectivity index (χ0v) is 11.5. The molecule has 2 aromatic carbocycles. The lowest BCUT2D eigenvalue weighted by atomic mass is 9.94. The van der Waals surface area contributed by atoms with Gasteiger partial charge in [-0.15, -0.1) is 0 Å².